The Morgan fingerprint density at radius 1 is 1.10 bits per heavy atom. The van der Waals surface area contributed by atoms with Crippen LogP contribution in [0.15, 0.2) is 0 Å². The molecule has 3 atom stereocenters. The molecule has 1 N–H and O–H groups in total. The summed E-state index contributed by atoms with van der Waals surface area (Å²) in [4.78, 5) is 0. The fourth-order valence-corrected chi connectivity index (χ4v) is 3.72. The van der Waals surface area contributed by atoms with Gasteiger partial charge in [0.05, 0.1) is 6.10 Å². The van der Waals surface area contributed by atoms with Crippen molar-refractivity contribution in [1.29, 1.82) is 0 Å². The smallest absolute Gasteiger partial charge is 0.0664 e. The normalized spacial score (nSPS) is 30.6. The van der Waals surface area contributed by atoms with E-state index in [4.69, 9.17) is 9.47 Å². The average molecular weight is 283 g/mol. The Balaban J connectivity index is 1.71. The van der Waals surface area contributed by atoms with Crippen LogP contribution in [0.25, 0.3) is 0 Å². The highest BCUT2D eigenvalue weighted by Gasteiger charge is 2.37. The summed E-state index contributed by atoms with van der Waals surface area (Å²) in [6, 6.07) is 0.610. The molecule has 20 heavy (non-hydrogen) atoms. The molecule has 0 aliphatic carbocycles. The maximum Gasteiger partial charge on any atom is 0.0664 e. The van der Waals surface area contributed by atoms with Crippen molar-refractivity contribution in [3.63, 3.8) is 0 Å². The van der Waals surface area contributed by atoms with E-state index < -0.39 is 0 Å². The first-order valence-corrected chi connectivity index (χ1v) is 8.39. The molecule has 0 amide bonds. The third-order valence-corrected chi connectivity index (χ3v) is 4.82. The lowest BCUT2D eigenvalue weighted by Gasteiger charge is -2.32. The zero-order valence-electron chi connectivity index (χ0n) is 13.8. The maximum absolute atomic E-state index is 5.96. The highest BCUT2D eigenvalue weighted by Crippen LogP contribution is 2.34. The van der Waals surface area contributed by atoms with Crippen molar-refractivity contribution in [3.05, 3.63) is 0 Å². The molecule has 0 unspecified atom stereocenters. The second-order valence-electron chi connectivity index (χ2n) is 7.81. The third kappa shape index (κ3) is 4.71. The first kappa shape index (κ1) is 16.3. The van der Waals surface area contributed by atoms with Crippen LogP contribution in [0.5, 0.6) is 0 Å². The van der Waals surface area contributed by atoms with Gasteiger partial charge in [0.2, 0.25) is 0 Å². The molecule has 2 rings (SSSR count). The fourth-order valence-electron chi connectivity index (χ4n) is 3.72. The standard InChI is InChI=1S/C17H33NO2/c1-13(11-14-5-8-19-9-6-14)18-12-15-7-10-20-16(15)17(2,3)4/h13-16,18H,5-12H2,1-4H3/t13-,15-,16+/m1/s1. The van der Waals surface area contributed by atoms with Gasteiger partial charge in [-0.2, -0.15) is 0 Å². The second kappa shape index (κ2) is 7.24. The molecule has 2 fully saturated rings. The van der Waals surface area contributed by atoms with E-state index in [0.29, 0.717) is 18.1 Å². The molecule has 2 aliphatic heterocycles. The van der Waals surface area contributed by atoms with Crippen LogP contribution in [0, 0.1) is 17.3 Å². The number of hydrogen-bond donors (Lipinski definition) is 1. The molecule has 2 aliphatic rings. The topological polar surface area (TPSA) is 30.5 Å². The Morgan fingerprint density at radius 2 is 1.80 bits per heavy atom. The first-order valence-electron chi connectivity index (χ1n) is 8.39. The van der Waals surface area contributed by atoms with E-state index in [-0.39, 0.29) is 5.41 Å². The summed E-state index contributed by atoms with van der Waals surface area (Å²) >= 11 is 0. The van der Waals surface area contributed by atoms with Gasteiger partial charge in [-0.05, 0) is 43.9 Å². The monoisotopic (exact) mass is 283 g/mol. The van der Waals surface area contributed by atoms with Gasteiger partial charge in [0.25, 0.3) is 0 Å². The van der Waals surface area contributed by atoms with Crippen molar-refractivity contribution in [2.75, 3.05) is 26.4 Å². The summed E-state index contributed by atoms with van der Waals surface area (Å²) in [6.07, 6.45) is 5.38. The Labute approximate surface area is 124 Å². The van der Waals surface area contributed by atoms with Crippen LogP contribution in [0.4, 0.5) is 0 Å². The highest BCUT2D eigenvalue weighted by atomic mass is 16.5. The second-order valence-corrected chi connectivity index (χ2v) is 7.81. The van der Waals surface area contributed by atoms with Crippen molar-refractivity contribution in [2.24, 2.45) is 17.3 Å². The van der Waals surface area contributed by atoms with Gasteiger partial charge in [-0.25, -0.2) is 0 Å². The lowest BCUT2D eigenvalue weighted by molar-refractivity contribution is 0.00653. The van der Waals surface area contributed by atoms with Gasteiger partial charge in [0, 0.05) is 38.3 Å². The van der Waals surface area contributed by atoms with E-state index in [0.717, 1.165) is 32.3 Å². The molecule has 118 valence electrons. The summed E-state index contributed by atoms with van der Waals surface area (Å²) in [5, 5.41) is 3.75. The number of hydrogen-bond acceptors (Lipinski definition) is 3. The predicted molar refractivity (Wildman–Crippen MR) is 82.9 cm³/mol. The number of rotatable bonds is 5. The Bertz CT molecular complexity index is 281. The molecule has 0 aromatic rings. The molecular formula is C17H33NO2. The van der Waals surface area contributed by atoms with Crippen LogP contribution in [0.3, 0.4) is 0 Å². The predicted octanol–water partition coefficient (Wildman–Crippen LogP) is 3.23. The average Bonchev–Trinajstić information content (AvgIpc) is 2.86. The lowest BCUT2D eigenvalue weighted by atomic mass is 9.81. The molecule has 0 radical (unpaired) electrons. The molecule has 3 nitrogen and oxygen atoms in total. The van der Waals surface area contributed by atoms with E-state index in [9.17, 15) is 0 Å². The van der Waals surface area contributed by atoms with Crippen molar-refractivity contribution in [3.8, 4) is 0 Å². The van der Waals surface area contributed by atoms with E-state index >= 15 is 0 Å². The van der Waals surface area contributed by atoms with E-state index in [1.807, 2.05) is 0 Å². The summed E-state index contributed by atoms with van der Waals surface area (Å²) < 4.78 is 11.4. The summed E-state index contributed by atoms with van der Waals surface area (Å²) in [5.74, 6) is 1.52. The van der Waals surface area contributed by atoms with Gasteiger partial charge in [-0.15, -0.1) is 0 Å². The van der Waals surface area contributed by atoms with Gasteiger partial charge in [-0.1, -0.05) is 20.8 Å². The largest absolute Gasteiger partial charge is 0.381 e. The van der Waals surface area contributed by atoms with Crippen LogP contribution in [-0.4, -0.2) is 38.5 Å². The van der Waals surface area contributed by atoms with Crippen LogP contribution in [0.1, 0.15) is 53.4 Å². The van der Waals surface area contributed by atoms with Gasteiger partial charge in [0.15, 0.2) is 0 Å². The molecule has 2 saturated heterocycles. The van der Waals surface area contributed by atoms with Gasteiger partial charge in [-0.3, -0.25) is 0 Å². The maximum atomic E-state index is 5.96. The Hall–Kier alpha value is -0.120. The van der Waals surface area contributed by atoms with Crippen molar-refractivity contribution >= 4 is 0 Å². The summed E-state index contributed by atoms with van der Waals surface area (Å²) in [6.45, 7) is 13.2. The Kier molecular flexibility index (Phi) is 5.88. The summed E-state index contributed by atoms with van der Waals surface area (Å²) in [5.41, 5.74) is 0.257. The molecular weight excluding hydrogens is 250 g/mol. The van der Waals surface area contributed by atoms with Crippen LogP contribution in [0.2, 0.25) is 0 Å². The molecule has 2 heterocycles. The SMILES string of the molecule is C[C@H](CC1CCOCC1)NC[C@H]1CCO[C@@H]1C(C)(C)C. The van der Waals surface area contributed by atoms with E-state index in [1.165, 1.54) is 25.7 Å². The zero-order chi connectivity index (χ0) is 14.6. The quantitative estimate of drug-likeness (QED) is 0.840. The van der Waals surface area contributed by atoms with E-state index in [2.05, 4.69) is 33.0 Å². The highest BCUT2D eigenvalue weighted by molar-refractivity contribution is 4.87. The fraction of sp³-hybridized carbons (Fsp3) is 1.00. The molecule has 0 saturated carbocycles. The van der Waals surface area contributed by atoms with Crippen LogP contribution >= 0.6 is 0 Å². The molecule has 0 aromatic heterocycles. The zero-order valence-corrected chi connectivity index (χ0v) is 13.8. The van der Waals surface area contributed by atoms with Crippen molar-refractivity contribution in [2.45, 2.75) is 65.5 Å². The van der Waals surface area contributed by atoms with Gasteiger partial charge in [0.1, 0.15) is 0 Å². The summed E-state index contributed by atoms with van der Waals surface area (Å²) in [7, 11) is 0. The molecule has 0 spiro atoms. The molecule has 3 heteroatoms. The minimum absolute atomic E-state index is 0.257. The van der Waals surface area contributed by atoms with Crippen molar-refractivity contribution in [1.82, 2.24) is 5.32 Å². The first-order chi connectivity index (χ1) is 9.47. The van der Waals surface area contributed by atoms with Gasteiger partial charge >= 0.3 is 0 Å². The van der Waals surface area contributed by atoms with E-state index in [1.54, 1.807) is 0 Å². The number of ether oxygens (including phenoxy) is 2. The molecule has 0 aromatic carbocycles. The van der Waals surface area contributed by atoms with Gasteiger partial charge < -0.3 is 14.8 Å². The van der Waals surface area contributed by atoms with Crippen LogP contribution in [-0.2, 0) is 9.47 Å². The number of nitrogens with one attached hydrogen (secondary N) is 1. The Morgan fingerprint density at radius 3 is 2.45 bits per heavy atom. The third-order valence-electron chi connectivity index (χ3n) is 4.82. The van der Waals surface area contributed by atoms with Crippen LogP contribution < -0.4 is 5.32 Å². The minimum Gasteiger partial charge on any atom is -0.381 e. The lowest BCUT2D eigenvalue weighted by Crippen LogP contribution is -2.40. The minimum atomic E-state index is 0.257. The van der Waals surface area contributed by atoms with Crippen molar-refractivity contribution < 1.29 is 9.47 Å². The molecule has 0 bridgehead atoms.